The van der Waals surface area contributed by atoms with Gasteiger partial charge in [-0.1, -0.05) is 36.6 Å². The first-order valence-electron chi connectivity index (χ1n) is 13.9. The van der Waals surface area contributed by atoms with Crippen LogP contribution in [0.25, 0.3) is 11.0 Å². The highest BCUT2D eigenvalue weighted by Gasteiger charge is 2.50. The van der Waals surface area contributed by atoms with Crippen molar-refractivity contribution in [2.75, 3.05) is 6.54 Å². The van der Waals surface area contributed by atoms with E-state index in [4.69, 9.17) is 20.8 Å². The molecule has 1 amide bonds. The van der Waals surface area contributed by atoms with Gasteiger partial charge in [0.05, 0.1) is 11.6 Å². The van der Waals surface area contributed by atoms with Gasteiger partial charge in [0.15, 0.2) is 6.10 Å². The Hall–Kier alpha value is -2.83. The zero-order valence-electron chi connectivity index (χ0n) is 21.7. The van der Waals surface area contributed by atoms with E-state index in [2.05, 4.69) is 0 Å². The molecule has 3 aromatic rings. The molecule has 2 aliphatic carbocycles. The maximum absolute atomic E-state index is 13.9. The number of carbonyl (C=O) groups is 1. The van der Waals surface area contributed by atoms with Crippen LogP contribution in [0, 0.1) is 5.92 Å². The fourth-order valence-electron chi connectivity index (χ4n) is 6.99. The Kier molecular flexibility index (Phi) is 6.73. The predicted octanol–water partition coefficient (Wildman–Crippen LogP) is 5.99. The molecule has 2 aromatic carbocycles. The van der Waals surface area contributed by atoms with Crippen LogP contribution < -0.4 is 10.4 Å². The number of nitrogens with zero attached hydrogens (tertiary/aromatic N) is 1. The molecule has 1 aromatic heterocycles. The summed E-state index contributed by atoms with van der Waals surface area (Å²) in [6.45, 7) is 2.22. The molecule has 4 atom stereocenters. The number of aliphatic hydroxyl groups is 1. The van der Waals surface area contributed by atoms with Gasteiger partial charge in [0.1, 0.15) is 11.3 Å². The molecule has 1 N–H and O–H groups in total. The van der Waals surface area contributed by atoms with E-state index in [1.807, 2.05) is 41.3 Å². The number of likely N-dealkylation sites (tertiary alicyclic amines) is 1. The third kappa shape index (κ3) is 4.52. The minimum absolute atomic E-state index is 0.0385. The second kappa shape index (κ2) is 10.0. The van der Waals surface area contributed by atoms with E-state index in [-0.39, 0.29) is 23.5 Å². The Balaban J connectivity index is 1.27. The Morgan fingerprint density at radius 1 is 1.08 bits per heavy atom. The van der Waals surface area contributed by atoms with Gasteiger partial charge in [-0.15, -0.1) is 0 Å². The molecular formula is C31H34ClNO5. The summed E-state index contributed by atoms with van der Waals surface area (Å²) in [6, 6.07) is 12.9. The molecule has 1 saturated heterocycles. The van der Waals surface area contributed by atoms with Crippen LogP contribution in [0.3, 0.4) is 0 Å². The highest BCUT2D eigenvalue weighted by molar-refractivity contribution is 6.30. The van der Waals surface area contributed by atoms with Crippen LogP contribution in [0.1, 0.15) is 74.6 Å². The van der Waals surface area contributed by atoms with Gasteiger partial charge in [0.25, 0.3) is 5.91 Å². The van der Waals surface area contributed by atoms with E-state index in [1.54, 1.807) is 13.0 Å². The molecular weight excluding hydrogens is 502 g/mol. The number of benzene rings is 2. The molecule has 38 heavy (non-hydrogen) atoms. The molecule has 6 rings (SSSR count). The largest absolute Gasteiger partial charge is 0.481 e. The standard InChI is InChI=1S/C31H34ClNO5/c1-19(37-22-13-14-24-23-6-2-3-7-25(23)30(35)38-27(24)18-22)29(34)33-17-16-31(36)15-5-4-8-26(31)28(33)20-9-11-21(32)12-10-20/h9-14,18-19,26,28,36H,2-8,15-17H2,1H3/t19-,26-,28-,31-/m0/s1. The Labute approximate surface area is 227 Å². The van der Waals surface area contributed by atoms with Crippen molar-refractivity contribution in [2.45, 2.75) is 82.5 Å². The summed E-state index contributed by atoms with van der Waals surface area (Å²) in [5.41, 5.74) is 2.32. The second-order valence-electron chi connectivity index (χ2n) is 11.2. The molecule has 1 saturated carbocycles. The van der Waals surface area contributed by atoms with Gasteiger partial charge >= 0.3 is 5.63 Å². The number of rotatable bonds is 4. The number of hydrogen-bond acceptors (Lipinski definition) is 5. The summed E-state index contributed by atoms with van der Waals surface area (Å²) in [7, 11) is 0. The van der Waals surface area contributed by atoms with Gasteiger partial charge in [-0.2, -0.15) is 0 Å². The number of carbonyl (C=O) groups excluding carboxylic acids is 1. The second-order valence-corrected chi connectivity index (χ2v) is 11.6. The van der Waals surface area contributed by atoms with E-state index in [0.29, 0.717) is 29.3 Å². The third-order valence-corrected chi connectivity index (χ3v) is 9.17. The molecule has 7 heteroatoms. The summed E-state index contributed by atoms with van der Waals surface area (Å²) in [6.07, 6.45) is 7.21. The molecule has 0 unspecified atom stereocenters. The Morgan fingerprint density at radius 3 is 2.63 bits per heavy atom. The molecule has 200 valence electrons. The first kappa shape index (κ1) is 25.4. The SMILES string of the molecule is C[C@H](Oc1ccc2c3c(c(=O)oc2c1)CCCC3)C(=O)N1CC[C@@]2(O)CCCC[C@H]2[C@@H]1c1ccc(Cl)cc1. The van der Waals surface area contributed by atoms with Crippen molar-refractivity contribution in [3.05, 3.63) is 74.6 Å². The highest BCUT2D eigenvalue weighted by Crippen LogP contribution is 2.49. The van der Waals surface area contributed by atoms with Crippen molar-refractivity contribution in [3.63, 3.8) is 0 Å². The maximum atomic E-state index is 13.9. The zero-order chi connectivity index (χ0) is 26.4. The van der Waals surface area contributed by atoms with Gasteiger partial charge in [-0.05, 0) is 87.3 Å². The average Bonchev–Trinajstić information content (AvgIpc) is 2.92. The van der Waals surface area contributed by atoms with Crippen LogP contribution in [0.2, 0.25) is 5.02 Å². The van der Waals surface area contributed by atoms with Crippen LogP contribution in [0.15, 0.2) is 51.7 Å². The first-order chi connectivity index (χ1) is 18.3. The molecule has 0 spiro atoms. The number of halogens is 1. The van der Waals surface area contributed by atoms with Crippen molar-refractivity contribution in [2.24, 2.45) is 5.92 Å². The zero-order valence-corrected chi connectivity index (χ0v) is 22.5. The van der Waals surface area contributed by atoms with E-state index in [1.165, 1.54) is 0 Å². The average molecular weight is 536 g/mol. The molecule has 2 fully saturated rings. The van der Waals surface area contributed by atoms with Gasteiger partial charge in [-0.25, -0.2) is 4.79 Å². The van der Waals surface area contributed by atoms with Crippen molar-refractivity contribution < 1.29 is 19.1 Å². The van der Waals surface area contributed by atoms with Crippen LogP contribution in [-0.4, -0.2) is 34.2 Å². The summed E-state index contributed by atoms with van der Waals surface area (Å²) in [4.78, 5) is 28.3. The lowest BCUT2D eigenvalue weighted by Gasteiger charge is -2.53. The molecule has 6 nitrogen and oxygen atoms in total. The Bertz CT molecular complexity index is 1420. The van der Waals surface area contributed by atoms with Crippen LogP contribution in [0.5, 0.6) is 5.75 Å². The Morgan fingerprint density at radius 2 is 1.84 bits per heavy atom. The monoisotopic (exact) mass is 535 g/mol. The van der Waals surface area contributed by atoms with E-state index in [0.717, 1.165) is 73.4 Å². The fourth-order valence-corrected chi connectivity index (χ4v) is 7.11. The van der Waals surface area contributed by atoms with E-state index < -0.39 is 11.7 Å². The van der Waals surface area contributed by atoms with Crippen LogP contribution in [-0.2, 0) is 17.6 Å². The van der Waals surface area contributed by atoms with Crippen LogP contribution in [0.4, 0.5) is 0 Å². The normalized spacial score (nSPS) is 25.9. The molecule has 0 radical (unpaired) electrons. The molecule has 2 heterocycles. The maximum Gasteiger partial charge on any atom is 0.339 e. The van der Waals surface area contributed by atoms with Crippen molar-refractivity contribution >= 4 is 28.5 Å². The number of amides is 1. The number of ether oxygens (including phenoxy) is 1. The quantitative estimate of drug-likeness (QED) is 0.415. The van der Waals surface area contributed by atoms with Crippen molar-refractivity contribution in [1.82, 2.24) is 4.90 Å². The van der Waals surface area contributed by atoms with Gasteiger partial charge < -0.3 is 19.2 Å². The number of piperidine rings is 1. The third-order valence-electron chi connectivity index (χ3n) is 8.92. The number of hydrogen-bond donors (Lipinski definition) is 1. The number of aryl methyl sites for hydroxylation is 1. The van der Waals surface area contributed by atoms with E-state index >= 15 is 0 Å². The topological polar surface area (TPSA) is 80.0 Å². The van der Waals surface area contributed by atoms with Gasteiger partial charge in [-0.3, -0.25) is 4.79 Å². The molecule has 0 bridgehead atoms. The summed E-state index contributed by atoms with van der Waals surface area (Å²) >= 11 is 6.17. The van der Waals surface area contributed by atoms with Gasteiger partial charge in [0.2, 0.25) is 0 Å². The molecule has 3 aliphatic rings. The predicted molar refractivity (Wildman–Crippen MR) is 147 cm³/mol. The summed E-state index contributed by atoms with van der Waals surface area (Å²) in [5.74, 6) is 0.333. The summed E-state index contributed by atoms with van der Waals surface area (Å²) < 4.78 is 11.8. The minimum atomic E-state index is -0.765. The first-order valence-corrected chi connectivity index (χ1v) is 14.3. The number of fused-ring (bicyclic) bond motifs is 4. The van der Waals surface area contributed by atoms with Gasteiger partial charge in [0, 0.05) is 34.5 Å². The smallest absolute Gasteiger partial charge is 0.339 e. The lowest BCUT2D eigenvalue weighted by atomic mass is 9.66. The summed E-state index contributed by atoms with van der Waals surface area (Å²) in [5, 5.41) is 13.1. The highest BCUT2D eigenvalue weighted by atomic mass is 35.5. The van der Waals surface area contributed by atoms with Crippen LogP contribution >= 0.6 is 11.6 Å². The minimum Gasteiger partial charge on any atom is -0.481 e. The molecule has 1 aliphatic heterocycles. The van der Waals surface area contributed by atoms with Crippen molar-refractivity contribution in [3.8, 4) is 5.75 Å². The van der Waals surface area contributed by atoms with E-state index in [9.17, 15) is 14.7 Å². The van der Waals surface area contributed by atoms with Crippen molar-refractivity contribution in [1.29, 1.82) is 0 Å². The lowest BCUT2D eigenvalue weighted by Crippen LogP contribution is -2.58. The lowest BCUT2D eigenvalue weighted by molar-refractivity contribution is -0.161. The fraction of sp³-hybridized carbons (Fsp3) is 0.484.